The Bertz CT molecular complexity index is 660. The lowest BCUT2D eigenvalue weighted by Crippen LogP contribution is -2.47. The molecule has 1 fully saturated rings. The van der Waals surface area contributed by atoms with Gasteiger partial charge < -0.3 is 9.32 Å². The Kier molecular flexibility index (Phi) is 3.31. The summed E-state index contributed by atoms with van der Waals surface area (Å²) in [6, 6.07) is 0. The first-order valence-electron chi connectivity index (χ1n) is 7.21. The van der Waals surface area contributed by atoms with Crippen LogP contribution in [-0.4, -0.2) is 39.1 Å². The van der Waals surface area contributed by atoms with E-state index in [0.29, 0.717) is 18.1 Å². The number of nitrogens with one attached hydrogen (secondary N) is 1. The van der Waals surface area contributed by atoms with Gasteiger partial charge in [0.2, 0.25) is 0 Å². The second kappa shape index (κ2) is 5.02. The van der Waals surface area contributed by atoms with Crippen LogP contribution in [0.2, 0.25) is 0 Å². The van der Waals surface area contributed by atoms with Crippen molar-refractivity contribution in [1.82, 2.24) is 20.1 Å². The molecule has 0 spiro atoms. The van der Waals surface area contributed by atoms with Crippen molar-refractivity contribution in [3.8, 4) is 0 Å². The monoisotopic (exact) mass is 288 g/mol. The van der Waals surface area contributed by atoms with Crippen molar-refractivity contribution in [3.63, 3.8) is 0 Å². The van der Waals surface area contributed by atoms with E-state index in [4.69, 9.17) is 4.42 Å². The fourth-order valence-electron chi connectivity index (χ4n) is 3.20. The maximum atomic E-state index is 12.5. The lowest BCUT2D eigenvalue weighted by molar-refractivity contribution is 0.0641. The molecule has 1 atom stereocenters. The molecule has 1 aliphatic rings. The van der Waals surface area contributed by atoms with Crippen LogP contribution in [0.15, 0.2) is 16.9 Å². The number of oxazole rings is 1. The molecule has 6 nitrogen and oxygen atoms in total. The van der Waals surface area contributed by atoms with Gasteiger partial charge in [0.25, 0.3) is 5.91 Å². The zero-order valence-electron chi connectivity index (χ0n) is 12.6. The van der Waals surface area contributed by atoms with Gasteiger partial charge in [-0.15, -0.1) is 0 Å². The van der Waals surface area contributed by atoms with Crippen LogP contribution in [0.3, 0.4) is 0 Å². The second-order valence-corrected chi connectivity index (χ2v) is 6.07. The van der Waals surface area contributed by atoms with Gasteiger partial charge in [-0.25, -0.2) is 4.98 Å². The molecule has 2 aromatic heterocycles. The van der Waals surface area contributed by atoms with Gasteiger partial charge in [-0.1, -0.05) is 6.92 Å². The van der Waals surface area contributed by atoms with Crippen LogP contribution >= 0.6 is 0 Å². The molecule has 6 heteroatoms. The van der Waals surface area contributed by atoms with Crippen LogP contribution in [0.5, 0.6) is 0 Å². The lowest BCUT2D eigenvalue weighted by Gasteiger charge is -2.40. The van der Waals surface area contributed by atoms with Gasteiger partial charge in [-0.3, -0.25) is 9.89 Å². The molecule has 0 radical (unpaired) electrons. The van der Waals surface area contributed by atoms with Crippen LogP contribution in [0.4, 0.5) is 0 Å². The second-order valence-electron chi connectivity index (χ2n) is 6.07. The molecule has 0 bridgehead atoms. The first kappa shape index (κ1) is 13.9. The minimum absolute atomic E-state index is 0.0602. The summed E-state index contributed by atoms with van der Waals surface area (Å²) in [5.74, 6) is 0.456. The highest BCUT2D eigenvalue weighted by Gasteiger charge is 2.37. The molecule has 0 saturated carbocycles. The standard InChI is InChI=1S/C15H20N4O2/c1-10-7-16-18-13(10)15(3)5-4-6-19(9-15)14(20)12-8-21-11(2)17-12/h7-8H,4-6,9H2,1-3H3,(H,16,18)/t15-/m1/s1. The molecule has 3 rings (SSSR count). The fraction of sp³-hybridized carbons (Fsp3) is 0.533. The molecule has 1 saturated heterocycles. The molecule has 3 heterocycles. The third kappa shape index (κ3) is 2.46. The zero-order valence-corrected chi connectivity index (χ0v) is 12.6. The molecule has 1 N–H and O–H groups in total. The maximum absolute atomic E-state index is 12.5. The average Bonchev–Trinajstić information content (AvgIpc) is 3.07. The van der Waals surface area contributed by atoms with Gasteiger partial charge in [0.15, 0.2) is 11.6 Å². The quantitative estimate of drug-likeness (QED) is 0.919. The zero-order chi connectivity index (χ0) is 15.0. The highest BCUT2D eigenvalue weighted by molar-refractivity contribution is 5.92. The summed E-state index contributed by atoms with van der Waals surface area (Å²) in [6.45, 7) is 7.40. The van der Waals surface area contributed by atoms with E-state index < -0.39 is 0 Å². The number of H-pyrrole nitrogens is 1. The number of aromatic amines is 1. The molecule has 21 heavy (non-hydrogen) atoms. The molecule has 112 valence electrons. The number of piperidine rings is 1. The van der Waals surface area contributed by atoms with Crippen LogP contribution < -0.4 is 0 Å². The number of carbonyl (C=O) groups excluding carboxylic acids is 1. The molecule has 0 unspecified atom stereocenters. The van der Waals surface area contributed by atoms with Crippen molar-refractivity contribution in [2.45, 2.75) is 39.0 Å². The number of hydrogen-bond donors (Lipinski definition) is 1. The lowest BCUT2D eigenvalue weighted by atomic mass is 9.77. The molecule has 0 aliphatic carbocycles. The van der Waals surface area contributed by atoms with Crippen molar-refractivity contribution >= 4 is 5.91 Å². The number of amides is 1. The molecular weight excluding hydrogens is 268 g/mol. The van der Waals surface area contributed by atoms with E-state index in [1.165, 1.54) is 6.26 Å². The number of hydrogen-bond acceptors (Lipinski definition) is 4. The highest BCUT2D eigenvalue weighted by atomic mass is 16.3. The van der Waals surface area contributed by atoms with Crippen molar-refractivity contribution in [1.29, 1.82) is 0 Å². The van der Waals surface area contributed by atoms with Gasteiger partial charge >= 0.3 is 0 Å². The molecular formula is C15H20N4O2. The van der Waals surface area contributed by atoms with Crippen molar-refractivity contribution in [2.75, 3.05) is 13.1 Å². The molecule has 1 amide bonds. The van der Waals surface area contributed by atoms with Gasteiger partial charge in [-0.2, -0.15) is 5.10 Å². The molecule has 0 aromatic carbocycles. The Hall–Kier alpha value is -2.11. The minimum Gasteiger partial charge on any atom is -0.448 e. The Morgan fingerprint density at radius 1 is 1.48 bits per heavy atom. The smallest absolute Gasteiger partial charge is 0.275 e. The third-order valence-electron chi connectivity index (χ3n) is 4.25. The van der Waals surface area contributed by atoms with E-state index in [1.54, 1.807) is 6.92 Å². The molecule has 1 aliphatic heterocycles. The summed E-state index contributed by atoms with van der Waals surface area (Å²) in [5.41, 5.74) is 2.56. The SMILES string of the molecule is Cc1nc(C(=O)N2CCC[C@@](C)(c3[nH]ncc3C)C2)co1. The van der Waals surface area contributed by atoms with Crippen LogP contribution in [0.25, 0.3) is 0 Å². The van der Waals surface area contributed by atoms with E-state index in [9.17, 15) is 4.79 Å². The number of carbonyl (C=O) groups is 1. The summed E-state index contributed by atoms with van der Waals surface area (Å²) in [4.78, 5) is 18.5. The van der Waals surface area contributed by atoms with E-state index in [1.807, 2.05) is 18.0 Å². The first-order chi connectivity index (χ1) is 9.99. The average molecular weight is 288 g/mol. The fourth-order valence-corrected chi connectivity index (χ4v) is 3.20. The Morgan fingerprint density at radius 3 is 2.90 bits per heavy atom. The molecule has 2 aromatic rings. The normalized spacial score (nSPS) is 22.5. The third-order valence-corrected chi connectivity index (χ3v) is 4.25. The van der Waals surface area contributed by atoms with Gasteiger partial charge in [-0.05, 0) is 25.3 Å². The van der Waals surface area contributed by atoms with Crippen molar-refractivity contribution < 1.29 is 9.21 Å². The maximum Gasteiger partial charge on any atom is 0.275 e. The van der Waals surface area contributed by atoms with Crippen molar-refractivity contribution in [3.05, 3.63) is 35.3 Å². The van der Waals surface area contributed by atoms with Crippen molar-refractivity contribution in [2.24, 2.45) is 0 Å². The summed E-state index contributed by atoms with van der Waals surface area (Å²) >= 11 is 0. The van der Waals surface area contributed by atoms with E-state index >= 15 is 0 Å². The van der Waals surface area contributed by atoms with Gasteiger partial charge in [0, 0.05) is 31.1 Å². The predicted molar refractivity (Wildman–Crippen MR) is 77.1 cm³/mol. The predicted octanol–water partition coefficient (Wildman–Crippen LogP) is 2.21. The van der Waals surface area contributed by atoms with E-state index in [2.05, 4.69) is 22.1 Å². The summed E-state index contributed by atoms with van der Waals surface area (Å²) < 4.78 is 5.15. The van der Waals surface area contributed by atoms with Crippen LogP contribution in [-0.2, 0) is 5.41 Å². The Labute approximate surface area is 123 Å². The Balaban J connectivity index is 1.83. The van der Waals surface area contributed by atoms with Crippen LogP contribution in [0, 0.1) is 13.8 Å². The minimum atomic E-state index is -0.0900. The first-order valence-corrected chi connectivity index (χ1v) is 7.21. The number of aromatic nitrogens is 3. The van der Waals surface area contributed by atoms with E-state index in [-0.39, 0.29) is 11.3 Å². The highest BCUT2D eigenvalue weighted by Crippen LogP contribution is 2.34. The topological polar surface area (TPSA) is 75.0 Å². The number of aryl methyl sites for hydroxylation is 2. The number of likely N-dealkylation sites (tertiary alicyclic amines) is 1. The summed E-state index contributed by atoms with van der Waals surface area (Å²) in [6.07, 6.45) is 5.28. The number of nitrogens with zero attached hydrogens (tertiary/aromatic N) is 3. The summed E-state index contributed by atoms with van der Waals surface area (Å²) in [7, 11) is 0. The summed E-state index contributed by atoms with van der Waals surface area (Å²) in [5, 5.41) is 7.21. The number of rotatable bonds is 2. The van der Waals surface area contributed by atoms with E-state index in [0.717, 1.165) is 30.6 Å². The largest absolute Gasteiger partial charge is 0.448 e. The Morgan fingerprint density at radius 2 is 2.29 bits per heavy atom. The van der Waals surface area contributed by atoms with Gasteiger partial charge in [0.05, 0.1) is 6.20 Å². The van der Waals surface area contributed by atoms with Crippen LogP contribution in [0.1, 0.15) is 47.4 Å². The van der Waals surface area contributed by atoms with Gasteiger partial charge in [0.1, 0.15) is 6.26 Å².